The number of nitrogens with one attached hydrogen (secondary N) is 2. The highest BCUT2D eigenvalue weighted by Crippen LogP contribution is 2.20. The van der Waals surface area contributed by atoms with Crippen molar-refractivity contribution in [2.24, 2.45) is 0 Å². The first-order chi connectivity index (χ1) is 7.90. The lowest BCUT2D eigenvalue weighted by atomic mass is 10.2. The van der Waals surface area contributed by atoms with Crippen molar-refractivity contribution >= 4 is 24.0 Å². The van der Waals surface area contributed by atoms with Gasteiger partial charge in [0.15, 0.2) is 0 Å². The average molecular weight is 273 g/mol. The third-order valence-corrected chi connectivity index (χ3v) is 1.90. The number of hydrogen-bond acceptors (Lipinski definition) is 3. The van der Waals surface area contributed by atoms with E-state index in [1.807, 2.05) is 45.0 Å². The first-order valence-corrected chi connectivity index (χ1v) is 5.64. The summed E-state index contributed by atoms with van der Waals surface area (Å²) in [4.78, 5) is 11.3. The number of ether oxygens (including phenoxy) is 1. The molecule has 0 aliphatic carbocycles. The lowest BCUT2D eigenvalue weighted by Crippen LogP contribution is -2.25. The molecule has 4 nitrogen and oxygen atoms in total. The molecule has 1 rings (SSSR count). The van der Waals surface area contributed by atoms with Gasteiger partial charge in [0.2, 0.25) is 5.91 Å². The highest BCUT2D eigenvalue weighted by Gasteiger charge is 2.11. The third-order valence-electron chi connectivity index (χ3n) is 1.90. The summed E-state index contributed by atoms with van der Waals surface area (Å²) in [5, 5.41) is 5.57. The fourth-order valence-electron chi connectivity index (χ4n) is 1.33. The van der Waals surface area contributed by atoms with Crippen LogP contribution in [0, 0.1) is 0 Å². The second-order valence-electron chi connectivity index (χ2n) is 4.82. The molecular weight excluding hydrogens is 252 g/mol. The summed E-state index contributed by atoms with van der Waals surface area (Å²) in [5.74, 6) is 0.737. The number of benzene rings is 1. The molecule has 1 aromatic rings. The molecule has 0 bridgehead atoms. The first kappa shape index (κ1) is 16.7. The van der Waals surface area contributed by atoms with Crippen LogP contribution >= 0.6 is 12.4 Å². The average Bonchev–Trinajstić information content (AvgIpc) is 2.19. The van der Waals surface area contributed by atoms with Crippen LogP contribution in [0.5, 0.6) is 5.75 Å². The van der Waals surface area contributed by atoms with Gasteiger partial charge in [-0.1, -0.05) is 0 Å². The smallest absolute Gasteiger partial charge is 0.238 e. The number of halogens is 1. The first-order valence-electron chi connectivity index (χ1n) is 5.64. The van der Waals surface area contributed by atoms with E-state index in [1.165, 1.54) is 0 Å². The van der Waals surface area contributed by atoms with E-state index in [2.05, 4.69) is 10.6 Å². The number of hydrogen-bond donors (Lipinski definition) is 2. The topological polar surface area (TPSA) is 50.4 Å². The monoisotopic (exact) mass is 272 g/mol. The molecule has 0 fully saturated rings. The predicted octanol–water partition coefficient (Wildman–Crippen LogP) is 2.44. The summed E-state index contributed by atoms with van der Waals surface area (Å²) >= 11 is 0. The standard InChI is InChI=1S/C13H20N2O2.ClH/c1-13(2,3)17-11-7-5-10(6-8-11)15-12(16)9-14-4;/h5-8,14H,9H2,1-4H3,(H,15,16);1H. The second-order valence-corrected chi connectivity index (χ2v) is 4.82. The number of carbonyl (C=O) groups is 1. The highest BCUT2D eigenvalue weighted by atomic mass is 35.5. The molecule has 1 aromatic carbocycles. The van der Waals surface area contributed by atoms with Crippen molar-refractivity contribution in [3.63, 3.8) is 0 Å². The molecule has 0 spiro atoms. The van der Waals surface area contributed by atoms with E-state index in [0.717, 1.165) is 11.4 Å². The fraction of sp³-hybridized carbons (Fsp3) is 0.462. The predicted molar refractivity (Wildman–Crippen MR) is 76.6 cm³/mol. The van der Waals surface area contributed by atoms with Crippen LogP contribution in [0.1, 0.15) is 20.8 Å². The van der Waals surface area contributed by atoms with Crippen molar-refractivity contribution in [1.29, 1.82) is 0 Å². The molecule has 2 N–H and O–H groups in total. The van der Waals surface area contributed by atoms with Crippen LogP contribution in [0.4, 0.5) is 5.69 Å². The Morgan fingerprint density at radius 1 is 1.22 bits per heavy atom. The normalized spacial score (nSPS) is 10.4. The quantitative estimate of drug-likeness (QED) is 0.885. The van der Waals surface area contributed by atoms with Crippen LogP contribution in [0.25, 0.3) is 0 Å². The van der Waals surface area contributed by atoms with Crippen molar-refractivity contribution in [2.45, 2.75) is 26.4 Å². The Bertz CT molecular complexity index is 372. The molecule has 0 aliphatic rings. The Kier molecular flexibility index (Phi) is 6.73. The molecule has 0 atom stereocenters. The van der Waals surface area contributed by atoms with Gasteiger partial charge < -0.3 is 15.4 Å². The number of amides is 1. The lowest BCUT2D eigenvalue weighted by Gasteiger charge is -2.21. The molecule has 5 heteroatoms. The van der Waals surface area contributed by atoms with Gasteiger partial charge in [-0.3, -0.25) is 4.79 Å². The zero-order valence-corrected chi connectivity index (χ0v) is 12.1. The zero-order chi connectivity index (χ0) is 12.9. The van der Waals surface area contributed by atoms with Crippen LogP contribution in [-0.4, -0.2) is 25.1 Å². The summed E-state index contributed by atoms with van der Waals surface area (Å²) < 4.78 is 5.68. The fourth-order valence-corrected chi connectivity index (χ4v) is 1.33. The summed E-state index contributed by atoms with van der Waals surface area (Å²) in [7, 11) is 1.74. The maximum atomic E-state index is 11.3. The molecule has 0 saturated carbocycles. The second kappa shape index (κ2) is 7.24. The minimum Gasteiger partial charge on any atom is -0.488 e. The minimum absolute atomic E-state index is 0. The van der Waals surface area contributed by atoms with E-state index in [9.17, 15) is 4.79 Å². The van der Waals surface area contributed by atoms with Crippen LogP contribution in [-0.2, 0) is 4.79 Å². The Morgan fingerprint density at radius 2 is 1.78 bits per heavy atom. The van der Waals surface area contributed by atoms with E-state index >= 15 is 0 Å². The maximum absolute atomic E-state index is 11.3. The van der Waals surface area contributed by atoms with Crippen LogP contribution in [0.15, 0.2) is 24.3 Å². The number of rotatable bonds is 4. The molecule has 0 aromatic heterocycles. The molecule has 0 radical (unpaired) electrons. The van der Waals surface area contributed by atoms with Crippen LogP contribution < -0.4 is 15.4 Å². The molecule has 102 valence electrons. The van der Waals surface area contributed by atoms with Gasteiger partial charge in [0.25, 0.3) is 0 Å². The van der Waals surface area contributed by atoms with Gasteiger partial charge in [0.05, 0.1) is 6.54 Å². The lowest BCUT2D eigenvalue weighted by molar-refractivity contribution is -0.115. The number of anilines is 1. The Hall–Kier alpha value is -1.26. The largest absolute Gasteiger partial charge is 0.488 e. The van der Waals surface area contributed by atoms with Crippen molar-refractivity contribution in [3.05, 3.63) is 24.3 Å². The van der Waals surface area contributed by atoms with Gasteiger partial charge in [0, 0.05) is 5.69 Å². The van der Waals surface area contributed by atoms with Crippen molar-refractivity contribution < 1.29 is 9.53 Å². The van der Waals surface area contributed by atoms with Crippen LogP contribution in [0.3, 0.4) is 0 Å². The maximum Gasteiger partial charge on any atom is 0.238 e. The number of likely N-dealkylation sites (N-methyl/N-ethyl adjacent to an activating group) is 1. The van der Waals surface area contributed by atoms with Crippen molar-refractivity contribution in [2.75, 3.05) is 18.9 Å². The van der Waals surface area contributed by atoms with Gasteiger partial charge in [-0.05, 0) is 52.1 Å². The van der Waals surface area contributed by atoms with Gasteiger partial charge >= 0.3 is 0 Å². The summed E-state index contributed by atoms with van der Waals surface area (Å²) in [6.07, 6.45) is 0. The highest BCUT2D eigenvalue weighted by molar-refractivity contribution is 5.92. The summed E-state index contributed by atoms with van der Waals surface area (Å²) in [6.45, 7) is 6.29. The number of carbonyl (C=O) groups excluding carboxylic acids is 1. The van der Waals surface area contributed by atoms with E-state index in [4.69, 9.17) is 4.74 Å². The third kappa shape index (κ3) is 6.47. The van der Waals surface area contributed by atoms with E-state index < -0.39 is 0 Å². The molecule has 18 heavy (non-hydrogen) atoms. The molecule has 0 heterocycles. The van der Waals surface area contributed by atoms with Gasteiger partial charge in [-0.2, -0.15) is 0 Å². The van der Waals surface area contributed by atoms with Crippen molar-refractivity contribution in [3.8, 4) is 5.75 Å². The Labute approximate surface area is 115 Å². The SMILES string of the molecule is CNCC(=O)Nc1ccc(OC(C)(C)C)cc1.Cl. The van der Waals surface area contributed by atoms with Crippen LogP contribution in [0.2, 0.25) is 0 Å². The van der Waals surface area contributed by atoms with Crippen molar-refractivity contribution in [1.82, 2.24) is 5.32 Å². The van der Waals surface area contributed by atoms with Gasteiger partial charge in [0.1, 0.15) is 11.4 Å². The Morgan fingerprint density at radius 3 is 2.22 bits per heavy atom. The molecule has 0 saturated heterocycles. The molecular formula is C13H21ClN2O2. The summed E-state index contributed by atoms with van der Waals surface area (Å²) in [6, 6.07) is 7.35. The zero-order valence-electron chi connectivity index (χ0n) is 11.2. The molecule has 0 aliphatic heterocycles. The minimum atomic E-state index is -0.211. The van der Waals surface area contributed by atoms with E-state index in [0.29, 0.717) is 6.54 Å². The van der Waals surface area contributed by atoms with E-state index in [1.54, 1.807) is 7.05 Å². The Balaban J connectivity index is 0.00000289. The van der Waals surface area contributed by atoms with E-state index in [-0.39, 0.29) is 23.9 Å². The molecule has 1 amide bonds. The molecule has 0 unspecified atom stereocenters. The van der Waals surface area contributed by atoms with Gasteiger partial charge in [-0.25, -0.2) is 0 Å². The summed E-state index contributed by atoms with van der Waals surface area (Å²) in [5.41, 5.74) is 0.559. The van der Waals surface area contributed by atoms with Gasteiger partial charge in [-0.15, -0.1) is 12.4 Å².